The molecule has 3 fully saturated rings. The van der Waals surface area contributed by atoms with Gasteiger partial charge < -0.3 is 24.0 Å². The molecule has 0 saturated carbocycles. The number of ether oxygens (including phenoxy) is 2. The van der Waals surface area contributed by atoms with Crippen LogP contribution in [-0.4, -0.2) is 84.5 Å². The summed E-state index contributed by atoms with van der Waals surface area (Å²) in [5.74, 6) is 1.07. The minimum absolute atomic E-state index is 0.0386. The van der Waals surface area contributed by atoms with Gasteiger partial charge in [-0.1, -0.05) is 35.5 Å². The highest BCUT2D eigenvalue weighted by atomic mass is 16.5. The fourth-order valence-electron chi connectivity index (χ4n) is 5.09. The molecule has 3 saturated heterocycles. The predicted molar refractivity (Wildman–Crippen MR) is 114 cm³/mol. The van der Waals surface area contributed by atoms with E-state index in [0.29, 0.717) is 36.9 Å². The summed E-state index contributed by atoms with van der Waals surface area (Å²) in [6, 6.07) is 12.4. The number of amides is 1. The number of likely N-dealkylation sites (tertiary alicyclic amines) is 2. The van der Waals surface area contributed by atoms with Crippen LogP contribution in [-0.2, 0) is 14.3 Å². The van der Waals surface area contributed by atoms with Crippen LogP contribution >= 0.6 is 0 Å². The monoisotopic (exact) mass is 443 g/mol. The number of hydrogen-bond donors (Lipinski definition) is 1. The Morgan fingerprint density at radius 2 is 1.81 bits per heavy atom. The molecule has 0 aliphatic carbocycles. The van der Waals surface area contributed by atoms with Gasteiger partial charge in [-0.25, -0.2) is 0 Å². The summed E-state index contributed by atoms with van der Waals surface area (Å²) in [5.41, 5.74) is 1.91. The molecular formula is C23H29N3O6. The van der Waals surface area contributed by atoms with E-state index < -0.39 is 0 Å². The molecule has 0 unspecified atom stereocenters. The Balaban J connectivity index is 0.000000775. The van der Waals surface area contributed by atoms with E-state index in [9.17, 15) is 4.79 Å². The molecule has 4 heterocycles. The maximum atomic E-state index is 13.2. The predicted octanol–water partition coefficient (Wildman–Crippen LogP) is 1.84. The average Bonchev–Trinajstić information content (AvgIpc) is 3.43. The van der Waals surface area contributed by atoms with Gasteiger partial charge in [-0.3, -0.25) is 14.5 Å². The number of hydrogen-bond acceptors (Lipinski definition) is 7. The standard InChI is InChI=1S/C22H27N3O4.CH2O2/c1-15-9-20(29-23-15)22(26)25-11-17-10-24(18-13-27-7-8-28-14-18)12-19(17)21(25)16-5-3-2-4-6-16;2-1-3/h2-6,9,17-19,21H,7-8,10-14H2,1H3;1H,(H,2,3)/t17-,19-,21+;/m0./s1. The number of fused-ring (bicyclic) bond motifs is 1. The zero-order valence-electron chi connectivity index (χ0n) is 18.1. The molecule has 5 rings (SSSR count). The maximum Gasteiger partial charge on any atom is 0.293 e. The van der Waals surface area contributed by atoms with Gasteiger partial charge in [0.1, 0.15) is 0 Å². The van der Waals surface area contributed by atoms with Crippen LogP contribution in [0.1, 0.15) is 27.9 Å². The van der Waals surface area contributed by atoms with Gasteiger partial charge in [0.25, 0.3) is 12.4 Å². The summed E-state index contributed by atoms with van der Waals surface area (Å²) < 4.78 is 16.7. The SMILES string of the molecule is Cc1cc(C(=O)N2C[C@@H]3CN(C4COCCOC4)C[C@@H]3[C@H]2c2ccccc2)on1.O=CO. The van der Waals surface area contributed by atoms with E-state index in [0.717, 1.165) is 38.5 Å². The second kappa shape index (κ2) is 10.2. The molecule has 172 valence electrons. The molecule has 1 aromatic carbocycles. The van der Waals surface area contributed by atoms with Gasteiger partial charge in [-0.05, 0) is 18.4 Å². The Hall–Kier alpha value is -2.75. The first-order chi connectivity index (χ1) is 15.6. The summed E-state index contributed by atoms with van der Waals surface area (Å²) in [6.07, 6.45) is 0. The lowest BCUT2D eigenvalue weighted by molar-refractivity contribution is -0.122. The molecule has 0 bridgehead atoms. The van der Waals surface area contributed by atoms with E-state index in [1.807, 2.05) is 30.0 Å². The molecule has 0 spiro atoms. The van der Waals surface area contributed by atoms with Crippen molar-refractivity contribution in [1.82, 2.24) is 15.0 Å². The van der Waals surface area contributed by atoms with Crippen LogP contribution in [0.2, 0.25) is 0 Å². The molecule has 32 heavy (non-hydrogen) atoms. The Morgan fingerprint density at radius 1 is 1.12 bits per heavy atom. The molecule has 3 aliphatic heterocycles. The highest BCUT2D eigenvalue weighted by Crippen LogP contribution is 2.46. The van der Waals surface area contributed by atoms with Crippen molar-refractivity contribution in [2.75, 3.05) is 46.1 Å². The number of carbonyl (C=O) groups is 2. The number of aromatic nitrogens is 1. The van der Waals surface area contributed by atoms with Crippen molar-refractivity contribution >= 4 is 12.4 Å². The van der Waals surface area contributed by atoms with E-state index >= 15 is 0 Å². The zero-order valence-corrected chi connectivity index (χ0v) is 18.1. The number of carboxylic acid groups (broad SMARTS) is 1. The summed E-state index contributed by atoms with van der Waals surface area (Å²) in [7, 11) is 0. The lowest BCUT2D eigenvalue weighted by atomic mass is 9.89. The Kier molecular flexibility index (Phi) is 7.19. The topological polar surface area (TPSA) is 105 Å². The highest BCUT2D eigenvalue weighted by Gasteiger charge is 2.50. The second-order valence-electron chi connectivity index (χ2n) is 8.43. The Bertz CT molecular complexity index is 896. The summed E-state index contributed by atoms with van der Waals surface area (Å²) in [5, 5.41) is 10.8. The largest absolute Gasteiger partial charge is 0.483 e. The minimum atomic E-state index is -0.250. The van der Waals surface area contributed by atoms with Gasteiger partial charge in [-0.15, -0.1) is 0 Å². The number of benzene rings is 1. The number of rotatable bonds is 3. The molecule has 9 nitrogen and oxygen atoms in total. The van der Waals surface area contributed by atoms with Crippen LogP contribution in [0.5, 0.6) is 0 Å². The third-order valence-corrected chi connectivity index (χ3v) is 6.44. The first-order valence-electron chi connectivity index (χ1n) is 10.9. The van der Waals surface area contributed by atoms with Crippen LogP contribution < -0.4 is 0 Å². The van der Waals surface area contributed by atoms with Gasteiger partial charge in [0.05, 0.1) is 44.2 Å². The van der Waals surface area contributed by atoms with E-state index in [1.165, 1.54) is 5.56 Å². The fraction of sp³-hybridized carbons (Fsp3) is 0.522. The molecule has 2 aromatic rings. The van der Waals surface area contributed by atoms with Crippen molar-refractivity contribution < 1.29 is 28.7 Å². The lowest BCUT2D eigenvalue weighted by Gasteiger charge is -2.31. The third kappa shape index (κ3) is 4.69. The molecule has 9 heteroatoms. The van der Waals surface area contributed by atoms with E-state index in [4.69, 9.17) is 23.9 Å². The zero-order chi connectivity index (χ0) is 22.5. The van der Waals surface area contributed by atoms with Gasteiger partial charge in [0.2, 0.25) is 5.76 Å². The van der Waals surface area contributed by atoms with Crippen molar-refractivity contribution in [3.63, 3.8) is 0 Å². The van der Waals surface area contributed by atoms with Crippen LogP contribution in [0.15, 0.2) is 40.9 Å². The highest BCUT2D eigenvalue weighted by molar-refractivity contribution is 5.92. The summed E-state index contributed by atoms with van der Waals surface area (Å²) >= 11 is 0. The van der Waals surface area contributed by atoms with Crippen molar-refractivity contribution in [2.24, 2.45) is 11.8 Å². The lowest BCUT2D eigenvalue weighted by Crippen LogP contribution is -2.42. The molecule has 3 aliphatic rings. The van der Waals surface area contributed by atoms with Crippen molar-refractivity contribution in [3.8, 4) is 0 Å². The van der Waals surface area contributed by atoms with Crippen molar-refractivity contribution in [2.45, 2.75) is 19.0 Å². The molecule has 0 radical (unpaired) electrons. The van der Waals surface area contributed by atoms with Gasteiger partial charge in [0, 0.05) is 31.6 Å². The molecule has 1 N–H and O–H groups in total. The van der Waals surface area contributed by atoms with Crippen LogP contribution in [0.4, 0.5) is 0 Å². The van der Waals surface area contributed by atoms with Crippen LogP contribution in [0.3, 0.4) is 0 Å². The quantitative estimate of drug-likeness (QED) is 0.717. The molecule has 1 amide bonds. The number of carbonyl (C=O) groups excluding carboxylic acids is 1. The molecule has 1 aromatic heterocycles. The van der Waals surface area contributed by atoms with Crippen molar-refractivity contribution in [3.05, 3.63) is 53.4 Å². The van der Waals surface area contributed by atoms with Crippen LogP contribution in [0, 0.1) is 18.8 Å². The maximum absolute atomic E-state index is 13.2. The fourth-order valence-corrected chi connectivity index (χ4v) is 5.09. The minimum Gasteiger partial charge on any atom is -0.483 e. The van der Waals surface area contributed by atoms with Gasteiger partial charge in [-0.2, -0.15) is 0 Å². The summed E-state index contributed by atoms with van der Waals surface area (Å²) in [4.78, 5) is 26.1. The molecular weight excluding hydrogens is 414 g/mol. The molecule has 3 atom stereocenters. The Morgan fingerprint density at radius 3 is 2.44 bits per heavy atom. The van der Waals surface area contributed by atoms with E-state index in [2.05, 4.69) is 22.2 Å². The van der Waals surface area contributed by atoms with Crippen LogP contribution in [0.25, 0.3) is 0 Å². The third-order valence-electron chi connectivity index (χ3n) is 6.44. The smallest absolute Gasteiger partial charge is 0.293 e. The normalized spacial score (nSPS) is 26.2. The number of nitrogens with zero attached hydrogens (tertiary/aromatic N) is 3. The number of aryl methyl sites for hydroxylation is 1. The van der Waals surface area contributed by atoms with Gasteiger partial charge in [0.15, 0.2) is 0 Å². The first-order valence-corrected chi connectivity index (χ1v) is 10.9. The second-order valence-corrected chi connectivity index (χ2v) is 8.43. The van der Waals surface area contributed by atoms with Gasteiger partial charge >= 0.3 is 0 Å². The average molecular weight is 444 g/mol. The van der Waals surface area contributed by atoms with Crippen molar-refractivity contribution in [1.29, 1.82) is 0 Å². The summed E-state index contributed by atoms with van der Waals surface area (Å²) in [6.45, 7) is 7.00. The first kappa shape index (κ1) is 22.4. The Labute approximate surface area is 186 Å². The van der Waals surface area contributed by atoms with E-state index in [1.54, 1.807) is 6.07 Å². The van der Waals surface area contributed by atoms with E-state index in [-0.39, 0.29) is 18.4 Å².